The lowest BCUT2D eigenvalue weighted by Gasteiger charge is -2.47. The monoisotopic (exact) mass is 490 g/mol. The summed E-state index contributed by atoms with van der Waals surface area (Å²) < 4.78 is 88.6. The third kappa shape index (κ3) is 5.75. The van der Waals surface area contributed by atoms with Gasteiger partial charge in [0.05, 0.1) is 24.0 Å². The Morgan fingerprint density at radius 1 is 1.12 bits per heavy atom. The molecule has 2 saturated carbocycles. The molecule has 0 radical (unpaired) electrons. The zero-order chi connectivity index (χ0) is 24.4. The van der Waals surface area contributed by atoms with Crippen LogP contribution < -0.4 is 0 Å². The van der Waals surface area contributed by atoms with Crippen molar-refractivity contribution in [3.05, 3.63) is 0 Å². The number of esters is 1. The molecule has 0 spiro atoms. The van der Waals surface area contributed by atoms with E-state index in [1.165, 1.54) is 0 Å². The van der Waals surface area contributed by atoms with Crippen LogP contribution in [0, 0.1) is 17.3 Å². The normalized spacial score (nSPS) is 27.2. The number of hydrogen-bond donors (Lipinski definition) is 2. The Morgan fingerprint density at radius 2 is 1.75 bits per heavy atom. The largest absolute Gasteiger partial charge is 0.465 e. The van der Waals surface area contributed by atoms with E-state index in [-0.39, 0.29) is 11.8 Å². The van der Waals surface area contributed by atoms with Crippen molar-refractivity contribution in [1.29, 1.82) is 0 Å². The van der Waals surface area contributed by atoms with Crippen LogP contribution in [0.1, 0.15) is 84.5 Å². The smallest absolute Gasteiger partial charge is 0.431 e. The predicted octanol–water partition coefficient (Wildman–Crippen LogP) is 4.95. The van der Waals surface area contributed by atoms with Crippen molar-refractivity contribution in [2.24, 2.45) is 17.3 Å². The lowest BCUT2D eigenvalue weighted by molar-refractivity contribution is -0.181. The summed E-state index contributed by atoms with van der Waals surface area (Å²) in [6, 6.07) is 0. The van der Waals surface area contributed by atoms with Gasteiger partial charge in [0.25, 0.3) is 0 Å². The van der Waals surface area contributed by atoms with Gasteiger partial charge in [-0.1, -0.05) is 26.7 Å². The van der Waals surface area contributed by atoms with Gasteiger partial charge in [-0.25, -0.2) is 0 Å². The van der Waals surface area contributed by atoms with Gasteiger partial charge < -0.3 is 9.84 Å². The molecule has 0 saturated heterocycles. The molecule has 0 aromatic carbocycles. The van der Waals surface area contributed by atoms with E-state index in [9.17, 15) is 35.9 Å². The van der Waals surface area contributed by atoms with Crippen LogP contribution in [0.5, 0.6) is 0 Å². The van der Waals surface area contributed by atoms with Gasteiger partial charge in [0.15, 0.2) is 0 Å². The number of alkyl halides is 4. The maximum absolute atomic E-state index is 13.7. The molecule has 32 heavy (non-hydrogen) atoms. The summed E-state index contributed by atoms with van der Waals surface area (Å²) in [6.45, 7) is 2.75. The maximum atomic E-state index is 13.7. The lowest BCUT2D eigenvalue weighted by Crippen LogP contribution is -2.48. The van der Waals surface area contributed by atoms with Crippen molar-refractivity contribution in [2.75, 3.05) is 6.61 Å². The number of aliphatic hydroxyl groups is 1. The topological polar surface area (TPSA) is 101 Å². The molecule has 2 aliphatic carbocycles. The Labute approximate surface area is 186 Å². The molecule has 0 aromatic rings. The fraction of sp³-hybridized carbons (Fsp3) is 0.952. The molecule has 0 aromatic heterocycles. The van der Waals surface area contributed by atoms with E-state index >= 15 is 0 Å². The molecule has 6 nitrogen and oxygen atoms in total. The standard InChI is InChI=1S/C21H34F4O6S/c1-3-19(27,4-2)9-7-16-12-15-6-5-8-18(13-15,14-16)17(26)31-11-10-20(22,23)21(24,25)32(28,29)30/h15-16,27H,3-14H2,1-2H3,(H,28,29,30). The Bertz CT molecular complexity index is 768. The van der Waals surface area contributed by atoms with E-state index in [4.69, 9.17) is 9.29 Å². The summed E-state index contributed by atoms with van der Waals surface area (Å²) in [5, 5.41) is 4.89. The zero-order valence-corrected chi connectivity index (χ0v) is 19.4. The summed E-state index contributed by atoms with van der Waals surface area (Å²) in [5.74, 6) is -5.37. The van der Waals surface area contributed by atoms with Gasteiger partial charge in [-0.3, -0.25) is 9.35 Å². The lowest BCUT2D eigenvalue weighted by atomic mass is 9.58. The van der Waals surface area contributed by atoms with Gasteiger partial charge in [-0.2, -0.15) is 26.0 Å². The van der Waals surface area contributed by atoms with Crippen LogP contribution in [0.4, 0.5) is 17.6 Å². The Morgan fingerprint density at radius 3 is 2.31 bits per heavy atom. The quantitative estimate of drug-likeness (QED) is 0.241. The van der Waals surface area contributed by atoms with Crippen LogP contribution in [0.2, 0.25) is 0 Å². The Kier molecular flexibility index (Phi) is 8.31. The van der Waals surface area contributed by atoms with Crippen molar-refractivity contribution in [3.63, 3.8) is 0 Å². The number of carbonyl (C=O) groups excluding carboxylic acids is 1. The van der Waals surface area contributed by atoms with Gasteiger partial charge in [-0.05, 0) is 63.2 Å². The highest BCUT2D eigenvalue weighted by Crippen LogP contribution is 2.53. The first-order valence-corrected chi connectivity index (χ1v) is 12.7. The second kappa shape index (κ2) is 9.74. The Hall–Kier alpha value is -0.940. The molecule has 2 bridgehead atoms. The summed E-state index contributed by atoms with van der Waals surface area (Å²) in [6.07, 6.45) is 5.02. The van der Waals surface area contributed by atoms with Gasteiger partial charge in [0.1, 0.15) is 0 Å². The van der Waals surface area contributed by atoms with E-state index < -0.39 is 51.3 Å². The molecule has 3 unspecified atom stereocenters. The van der Waals surface area contributed by atoms with E-state index in [2.05, 4.69) is 0 Å². The second-order valence-electron chi connectivity index (χ2n) is 9.60. The fourth-order valence-corrected chi connectivity index (χ4v) is 5.78. The average Bonchev–Trinajstić information content (AvgIpc) is 2.70. The fourth-order valence-electron chi connectivity index (χ4n) is 5.30. The molecule has 11 heteroatoms. The van der Waals surface area contributed by atoms with Crippen molar-refractivity contribution in [1.82, 2.24) is 0 Å². The van der Waals surface area contributed by atoms with Crippen LogP contribution in [0.3, 0.4) is 0 Å². The molecule has 3 atom stereocenters. The van der Waals surface area contributed by atoms with E-state index in [1.54, 1.807) is 0 Å². The second-order valence-corrected chi connectivity index (χ2v) is 11.1. The molecule has 2 N–H and O–H groups in total. The van der Waals surface area contributed by atoms with E-state index in [0.717, 1.165) is 25.7 Å². The maximum Gasteiger partial charge on any atom is 0.431 e. The molecular weight excluding hydrogens is 456 g/mol. The number of carbonyl (C=O) groups is 1. The number of halogens is 4. The molecule has 2 rings (SSSR count). The molecule has 188 valence electrons. The first kappa shape index (κ1) is 27.3. The zero-order valence-electron chi connectivity index (χ0n) is 18.6. The molecule has 2 fully saturated rings. The van der Waals surface area contributed by atoms with Crippen LogP contribution >= 0.6 is 0 Å². The average molecular weight is 491 g/mol. The number of ether oxygens (including phenoxy) is 1. The van der Waals surface area contributed by atoms with Crippen molar-refractivity contribution >= 4 is 16.1 Å². The van der Waals surface area contributed by atoms with Crippen molar-refractivity contribution in [2.45, 2.75) is 101 Å². The number of hydrogen-bond acceptors (Lipinski definition) is 5. The third-order valence-electron chi connectivity index (χ3n) is 7.46. The third-order valence-corrected chi connectivity index (χ3v) is 8.41. The highest BCUT2D eigenvalue weighted by Gasteiger charge is 2.65. The van der Waals surface area contributed by atoms with Crippen LogP contribution in [-0.4, -0.2) is 47.4 Å². The minimum absolute atomic E-state index is 0.163. The first-order valence-electron chi connectivity index (χ1n) is 11.2. The van der Waals surface area contributed by atoms with Crippen LogP contribution in [0.25, 0.3) is 0 Å². The summed E-state index contributed by atoms with van der Waals surface area (Å²) >= 11 is 0. The Balaban J connectivity index is 2.01. The first-order chi connectivity index (χ1) is 14.6. The molecule has 0 amide bonds. The summed E-state index contributed by atoms with van der Waals surface area (Å²) in [4.78, 5) is 12.9. The van der Waals surface area contributed by atoms with Gasteiger partial charge >= 0.3 is 27.3 Å². The summed E-state index contributed by atoms with van der Waals surface area (Å²) in [5.41, 5.74) is -1.63. The highest BCUT2D eigenvalue weighted by molar-refractivity contribution is 7.87. The van der Waals surface area contributed by atoms with Crippen molar-refractivity contribution < 1.29 is 45.2 Å². The van der Waals surface area contributed by atoms with Crippen LogP contribution in [-0.2, 0) is 19.6 Å². The van der Waals surface area contributed by atoms with Crippen molar-refractivity contribution in [3.8, 4) is 0 Å². The van der Waals surface area contributed by atoms with E-state index in [1.807, 2.05) is 13.8 Å². The molecular formula is C21H34F4O6S. The van der Waals surface area contributed by atoms with Gasteiger partial charge in [0.2, 0.25) is 0 Å². The minimum atomic E-state index is -6.32. The SMILES string of the molecule is CCC(O)(CC)CCC1CC2CCCC(C(=O)OCCC(F)(F)C(F)(F)S(=O)(=O)O)(C2)C1. The van der Waals surface area contributed by atoms with Gasteiger partial charge in [-0.15, -0.1) is 0 Å². The predicted molar refractivity (Wildman–Crippen MR) is 109 cm³/mol. The molecule has 0 aliphatic heterocycles. The van der Waals surface area contributed by atoms with Gasteiger partial charge in [0, 0.05) is 0 Å². The highest BCUT2D eigenvalue weighted by atomic mass is 32.2. The van der Waals surface area contributed by atoms with E-state index in [0.29, 0.717) is 38.5 Å². The number of rotatable bonds is 11. The van der Waals surface area contributed by atoms with Crippen LogP contribution in [0.15, 0.2) is 0 Å². The molecule has 0 heterocycles. The molecule has 2 aliphatic rings. The summed E-state index contributed by atoms with van der Waals surface area (Å²) in [7, 11) is -6.32. The number of fused-ring (bicyclic) bond motifs is 2. The minimum Gasteiger partial charge on any atom is -0.465 e.